The fraction of sp³-hybridized carbons (Fsp3) is 0.111. The maximum absolute atomic E-state index is 12.2. The highest BCUT2D eigenvalue weighted by Crippen LogP contribution is 2.22. The lowest BCUT2D eigenvalue weighted by molar-refractivity contribution is -0.114. The van der Waals surface area contributed by atoms with Crippen molar-refractivity contribution in [3.05, 3.63) is 65.2 Å². The molecule has 4 nitrogen and oxygen atoms in total. The molecule has 0 saturated carbocycles. The molecule has 0 unspecified atom stereocenters. The van der Waals surface area contributed by atoms with E-state index in [1.54, 1.807) is 6.08 Å². The maximum Gasteiger partial charge on any atom is 0.221 e. The molecule has 2 aromatic carbocycles. The number of carbonyl (C=O) groups is 2. The van der Waals surface area contributed by atoms with Crippen LogP contribution in [0.1, 0.15) is 28.4 Å². The Bertz CT molecular complexity index is 748. The standard InChI is InChI=1S/C18H17NO3/c1-12-4-3-5-14(10-12)6-8-17(21)16-11-15(19-13(2)20)7-9-18(16)22/h3-11,22H,1-2H3,(H,19,20)/b8-6+. The monoisotopic (exact) mass is 295 g/mol. The third-order valence-corrected chi connectivity index (χ3v) is 3.05. The Balaban J connectivity index is 2.23. The zero-order chi connectivity index (χ0) is 16.1. The van der Waals surface area contributed by atoms with Gasteiger partial charge in [-0.2, -0.15) is 0 Å². The number of benzene rings is 2. The Morgan fingerprint density at radius 1 is 1.14 bits per heavy atom. The first-order chi connectivity index (χ1) is 10.5. The van der Waals surface area contributed by atoms with Crippen molar-refractivity contribution in [3.8, 4) is 5.75 Å². The minimum Gasteiger partial charge on any atom is -0.507 e. The SMILES string of the molecule is CC(=O)Nc1ccc(O)c(C(=O)/C=C/c2cccc(C)c2)c1. The molecule has 4 heteroatoms. The van der Waals surface area contributed by atoms with Gasteiger partial charge >= 0.3 is 0 Å². The van der Waals surface area contributed by atoms with Crippen LogP contribution in [0.15, 0.2) is 48.5 Å². The van der Waals surface area contributed by atoms with Crippen molar-refractivity contribution in [1.29, 1.82) is 0 Å². The fourth-order valence-electron chi connectivity index (χ4n) is 2.05. The molecular weight excluding hydrogens is 278 g/mol. The highest BCUT2D eigenvalue weighted by atomic mass is 16.3. The van der Waals surface area contributed by atoms with Gasteiger partial charge in [-0.1, -0.05) is 35.9 Å². The van der Waals surface area contributed by atoms with E-state index in [0.717, 1.165) is 11.1 Å². The number of rotatable bonds is 4. The number of aromatic hydroxyl groups is 1. The number of allylic oxidation sites excluding steroid dienone is 1. The highest BCUT2D eigenvalue weighted by Gasteiger charge is 2.10. The summed E-state index contributed by atoms with van der Waals surface area (Å²) in [4.78, 5) is 23.3. The van der Waals surface area contributed by atoms with Crippen molar-refractivity contribution in [2.24, 2.45) is 0 Å². The summed E-state index contributed by atoms with van der Waals surface area (Å²) >= 11 is 0. The maximum atomic E-state index is 12.2. The van der Waals surface area contributed by atoms with Crippen LogP contribution in [0.25, 0.3) is 6.08 Å². The second kappa shape index (κ2) is 6.72. The minimum atomic E-state index is -0.328. The summed E-state index contributed by atoms with van der Waals surface area (Å²) < 4.78 is 0. The molecule has 0 bridgehead atoms. The molecule has 0 radical (unpaired) electrons. The van der Waals surface area contributed by atoms with Crippen LogP contribution in [-0.2, 0) is 4.79 Å². The molecule has 2 rings (SSSR count). The number of phenolic OH excluding ortho intramolecular Hbond substituents is 1. The van der Waals surface area contributed by atoms with Crippen LogP contribution in [0, 0.1) is 6.92 Å². The van der Waals surface area contributed by atoms with Crippen LogP contribution >= 0.6 is 0 Å². The number of ketones is 1. The van der Waals surface area contributed by atoms with E-state index in [9.17, 15) is 14.7 Å². The number of anilines is 1. The van der Waals surface area contributed by atoms with Gasteiger partial charge in [0.2, 0.25) is 5.91 Å². The quantitative estimate of drug-likeness (QED) is 0.515. The van der Waals surface area contributed by atoms with Crippen molar-refractivity contribution in [3.63, 3.8) is 0 Å². The Hall–Kier alpha value is -2.88. The van der Waals surface area contributed by atoms with Crippen molar-refractivity contribution in [2.75, 3.05) is 5.32 Å². The Kier molecular flexibility index (Phi) is 4.73. The smallest absolute Gasteiger partial charge is 0.221 e. The zero-order valence-electron chi connectivity index (χ0n) is 12.5. The van der Waals surface area contributed by atoms with Gasteiger partial charge in [0.25, 0.3) is 0 Å². The zero-order valence-corrected chi connectivity index (χ0v) is 12.5. The van der Waals surface area contributed by atoms with Crippen LogP contribution in [0.2, 0.25) is 0 Å². The van der Waals surface area contributed by atoms with E-state index in [0.29, 0.717) is 5.69 Å². The van der Waals surface area contributed by atoms with Crippen LogP contribution in [0.4, 0.5) is 5.69 Å². The third kappa shape index (κ3) is 4.06. The summed E-state index contributed by atoms with van der Waals surface area (Å²) in [5.74, 6) is -0.682. The van der Waals surface area contributed by atoms with E-state index < -0.39 is 0 Å². The molecular formula is C18H17NO3. The third-order valence-electron chi connectivity index (χ3n) is 3.05. The molecule has 0 spiro atoms. The van der Waals surface area contributed by atoms with Gasteiger partial charge in [0.15, 0.2) is 5.78 Å². The number of amides is 1. The normalized spacial score (nSPS) is 10.6. The average molecular weight is 295 g/mol. The Morgan fingerprint density at radius 3 is 2.59 bits per heavy atom. The van der Waals surface area contributed by atoms with Gasteiger partial charge in [0.05, 0.1) is 5.56 Å². The van der Waals surface area contributed by atoms with Crippen LogP contribution in [0.5, 0.6) is 5.75 Å². The first-order valence-corrected chi connectivity index (χ1v) is 6.85. The van der Waals surface area contributed by atoms with Crippen molar-refractivity contribution < 1.29 is 14.7 Å². The lowest BCUT2D eigenvalue weighted by atomic mass is 10.1. The topological polar surface area (TPSA) is 66.4 Å². The van der Waals surface area contributed by atoms with Gasteiger partial charge in [-0.15, -0.1) is 0 Å². The highest BCUT2D eigenvalue weighted by molar-refractivity contribution is 6.09. The lowest BCUT2D eigenvalue weighted by Crippen LogP contribution is -2.06. The van der Waals surface area contributed by atoms with E-state index in [-0.39, 0.29) is 23.0 Å². The van der Waals surface area contributed by atoms with Gasteiger partial charge in [0.1, 0.15) is 5.75 Å². The molecule has 0 atom stereocenters. The number of phenols is 1. The molecule has 0 aliphatic carbocycles. The molecule has 0 heterocycles. The van der Waals surface area contributed by atoms with E-state index in [1.807, 2.05) is 31.2 Å². The predicted molar refractivity (Wildman–Crippen MR) is 87.0 cm³/mol. The van der Waals surface area contributed by atoms with E-state index in [2.05, 4.69) is 5.32 Å². The number of aryl methyl sites for hydroxylation is 1. The number of carbonyl (C=O) groups excluding carboxylic acids is 2. The summed E-state index contributed by atoms with van der Waals surface area (Å²) in [6.45, 7) is 3.36. The van der Waals surface area contributed by atoms with Crippen LogP contribution in [-0.4, -0.2) is 16.8 Å². The van der Waals surface area contributed by atoms with Gasteiger partial charge in [-0.05, 0) is 36.8 Å². The van der Waals surface area contributed by atoms with Gasteiger partial charge in [-0.3, -0.25) is 9.59 Å². The fourth-order valence-corrected chi connectivity index (χ4v) is 2.05. The lowest BCUT2D eigenvalue weighted by Gasteiger charge is -2.06. The van der Waals surface area contributed by atoms with Crippen molar-refractivity contribution in [1.82, 2.24) is 0 Å². The van der Waals surface area contributed by atoms with E-state index in [1.165, 1.54) is 31.2 Å². The molecule has 0 aliphatic heterocycles. The van der Waals surface area contributed by atoms with E-state index in [4.69, 9.17) is 0 Å². The molecule has 2 aromatic rings. The van der Waals surface area contributed by atoms with E-state index >= 15 is 0 Å². The van der Waals surface area contributed by atoms with Crippen LogP contribution in [0.3, 0.4) is 0 Å². The number of nitrogens with one attached hydrogen (secondary N) is 1. The first kappa shape index (κ1) is 15.5. The first-order valence-electron chi connectivity index (χ1n) is 6.85. The van der Waals surface area contributed by atoms with Crippen molar-refractivity contribution >= 4 is 23.5 Å². The molecule has 0 fully saturated rings. The molecule has 22 heavy (non-hydrogen) atoms. The molecule has 0 aromatic heterocycles. The molecule has 0 saturated heterocycles. The van der Waals surface area contributed by atoms with Gasteiger partial charge in [-0.25, -0.2) is 0 Å². The summed E-state index contributed by atoms with van der Waals surface area (Å²) in [6.07, 6.45) is 3.10. The van der Waals surface area contributed by atoms with Crippen LogP contribution < -0.4 is 5.32 Å². The average Bonchev–Trinajstić information content (AvgIpc) is 2.46. The number of hydrogen-bond acceptors (Lipinski definition) is 3. The molecule has 2 N–H and O–H groups in total. The summed E-state index contributed by atoms with van der Waals surface area (Å²) in [7, 11) is 0. The van der Waals surface area contributed by atoms with Gasteiger partial charge < -0.3 is 10.4 Å². The molecule has 1 amide bonds. The number of hydrogen-bond donors (Lipinski definition) is 2. The summed E-state index contributed by atoms with van der Waals surface area (Å²) in [6, 6.07) is 12.1. The summed E-state index contributed by atoms with van der Waals surface area (Å²) in [5.41, 5.74) is 2.63. The predicted octanol–water partition coefficient (Wildman–Crippen LogP) is 3.56. The second-order valence-corrected chi connectivity index (χ2v) is 5.02. The second-order valence-electron chi connectivity index (χ2n) is 5.02. The Morgan fingerprint density at radius 2 is 1.91 bits per heavy atom. The Labute approximate surface area is 129 Å². The van der Waals surface area contributed by atoms with Crippen molar-refractivity contribution in [2.45, 2.75) is 13.8 Å². The largest absolute Gasteiger partial charge is 0.507 e. The summed E-state index contributed by atoms with van der Waals surface area (Å²) in [5, 5.41) is 12.4. The minimum absolute atomic E-state index is 0.118. The molecule has 112 valence electrons. The molecule has 0 aliphatic rings. The van der Waals surface area contributed by atoms with Gasteiger partial charge in [0, 0.05) is 12.6 Å².